The number of carbonyl (C=O) groups is 2. The quantitative estimate of drug-likeness (QED) is 0.864. The van der Waals surface area contributed by atoms with Gasteiger partial charge in [0.05, 0.1) is 6.54 Å². The molecule has 22 heavy (non-hydrogen) atoms. The summed E-state index contributed by atoms with van der Waals surface area (Å²) < 4.78 is 13.9. The zero-order valence-electron chi connectivity index (χ0n) is 12.3. The van der Waals surface area contributed by atoms with Crippen molar-refractivity contribution in [1.29, 1.82) is 0 Å². The molecule has 0 bridgehead atoms. The summed E-state index contributed by atoms with van der Waals surface area (Å²) >= 11 is 0. The molecule has 2 atom stereocenters. The number of hydrogen-bond donors (Lipinski definition) is 2. The van der Waals surface area contributed by atoms with Gasteiger partial charge in [0.15, 0.2) is 0 Å². The van der Waals surface area contributed by atoms with Crippen molar-refractivity contribution in [1.82, 2.24) is 10.2 Å². The second kappa shape index (κ2) is 8.10. The van der Waals surface area contributed by atoms with Gasteiger partial charge in [-0.25, -0.2) is 4.39 Å². The van der Waals surface area contributed by atoms with Gasteiger partial charge in [-0.3, -0.25) is 14.5 Å². The molecular weight excluding hydrogens is 311 g/mol. The van der Waals surface area contributed by atoms with Crippen LogP contribution in [0, 0.1) is 11.7 Å². The molecular formula is C15H20ClFN2O3. The highest BCUT2D eigenvalue weighted by Crippen LogP contribution is 2.35. The summed E-state index contributed by atoms with van der Waals surface area (Å²) in [5.74, 6) is -1.34. The van der Waals surface area contributed by atoms with E-state index in [4.69, 9.17) is 5.11 Å². The van der Waals surface area contributed by atoms with Crippen molar-refractivity contribution < 1.29 is 19.1 Å². The number of likely N-dealkylation sites (tertiary alicyclic amines) is 1. The van der Waals surface area contributed by atoms with E-state index in [0.29, 0.717) is 18.0 Å². The lowest BCUT2D eigenvalue weighted by molar-refractivity contribution is -0.138. The number of nitrogens with zero attached hydrogens (tertiary/aromatic N) is 1. The van der Waals surface area contributed by atoms with Gasteiger partial charge in [0.25, 0.3) is 0 Å². The number of amides is 1. The Morgan fingerprint density at radius 1 is 1.41 bits per heavy atom. The van der Waals surface area contributed by atoms with Crippen LogP contribution in [-0.4, -0.2) is 41.5 Å². The Morgan fingerprint density at radius 3 is 2.73 bits per heavy atom. The van der Waals surface area contributed by atoms with E-state index in [-0.39, 0.29) is 36.7 Å². The fraction of sp³-hybridized carbons (Fsp3) is 0.467. The Balaban J connectivity index is 0.00000242. The third-order valence-electron chi connectivity index (χ3n) is 3.66. The van der Waals surface area contributed by atoms with Gasteiger partial charge in [-0.05, 0) is 18.4 Å². The molecule has 1 aliphatic heterocycles. The highest BCUT2D eigenvalue weighted by Gasteiger charge is 2.33. The van der Waals surface area contributed by atoms with E-state index in [1.54, 1.807) is 18.2 Å². The normalized spacial score (nSPS) is 21.2. The minimum Gasteiger partial charge on any atom is -0.480 e. The van der Waals surface area contributed by atoms with E-state index >= 15 is 0 Å². The van der Waals surface area contributed by atoms with E-state index in [2.05, 4.69) is 12.2 Å². The molecule has 2 unspecified atom stereocenters. The number of carboxylic acid groups (broad SMARTS) is 1. The molecule has 0 aromatic heterocycles. The summed E-state index contributed by atoms with van der Waals surface area (Å²) in [5.41, 5.74) is 0.591. The van der Waals surface area contributed by atoms with Crippen LogP contribution in [0.4, 0.5) is 4.39 Å². The second-order valence-electron chi connectivity index (χ2n) is 5.48. The number of carboxylic acids is 1. The molecule has 1 fully saturated rings. The SMILES string of the molecule is CC1CC(c2ccccc2F)N(CC(=O)NCC(=O)O)C1.Cl. The molecule has 2 rings (SSSR count). The first-order valence-corrected chi connectivity index (χ1v) is 6.94. The van der Waals surface area contributed by atoms with Crippen molar-refractivity contribution in [2.24, 2.45) is 5.92 Å². The summed E-state index contributed by atoms with van der Waals surface area (Å²) in [6.07, 6.45) is 0.785. The van der Waals surface area contributed by atoms with Crippen LogP contribution in [-0.2, 0) is 9.59 Å². The van der Waals surface area contributed by atoms with Crippen molar-refractivity contribution >= 4 is 24.3 Å². The number of benzene rings is 1. The second-order valence-corrected chi connectivity index (χ2v) is 5.48. The molecule has 1 heterocycles. The van der Waals surface area contributed by atoms with Gasteiger partial charge in [-0.1, -0.05) is 25.1 Å². The van der Waals surface area contributed by atoms with Crippen LogP contribution in [0.2, 0.25) is 0 Å². The van der Waals surface area contributed by atoms with Gasteiger partial charge >= 0.3 is 5.97 Å². The first-order valence-electron chi connectivity index (χ1n) is 6.94. The maximum Gasteiger partial charge on any atom is 0.322 e. The molecule has 1 aromatic rings. The van der Waals surface area contributed by atoms with E-state index in [9.17, 15) is 14.0 Å². The van der Waals surface area contributed by atoms with Gasteiger partial charge in [0.2, 0.25) is 5.91 Å². The molecule has 5 nitrogen and oxygen atoms in total. The Kier molecular flexibility index (Phi) is 6.77. The fourth-order valence-corrected chi connectivity index (χ4v) is 2.79. The Hall–Kier alpha value is -1.66. The average molecular weight is 331 g/mol. The number of nitrogens with one attached hydrogen (secondary N) is 1. The first-order chi connectivity index (χ1) is 9.97. The van der Waals surface area contributed by atoms with E-state index in [1.807, 2.05) is 4.90 Å². The highest BCUT2D eigenvalue weighted by atomic mass is 35.5. The van der Waals surface area contributed by atoms with Crippen LogP contribution >= 0.6 is 12.4 Å². The Morgan fingerprint density at radius 2 is 2.09 bits per heavy atom. The van der Waals surface area contributed by atoms with Crippen molar-refractivity contribution in [2.75, 3.05) is 19.6 Å². The summed E-state index contributed by atoms with van der Waals surface area (Å²) in [6.45, 7) is 2.44. The molecule has 2 N–H and O–H groups in total. The lowest BCUT2D eigenvalue weighted by Gasteiger charge is -2.24. The first kappa shape index (κ1) is 18.4. The van der Waals surface area contributed by atoms with Crippen LogP contribution < -0.4 is 5.32 Å². The number of rotatable bonds is 5. The topological polar surface area (TPSA) is 69.6 Å². The van der Waals surface area contributed by atoms with Gasteiger partial charge < -0.3 is 10.4 Å². The van der Waals surface area contributed by atoms with E-state index in [0.717, 1.165) is 6.42 Å². The van der Waals surface area contributed by atoms with Crippen molar-refractivity contribution in [3.63, 3.8) is 0 Å². The van der Waals surface area contributed by atoms with Crippen LogP contribution in [0.1, 0.15) is 24.9 Å². The Labute approximate surface area is 134 Å². The minimum absolute atomic E-state index is 0. The molecule has 122 valence electrons. The van der Waals surface area contributed by atoms with Gasteiger partial charge in [-0.2, -0.15) is 0 Å². The van der Waals surface area contributed by atoms with Crippen molar-refractivity contribution in [2.45, 2.75) is 19.4 Å². The third-order valence-corrected chi connectivity index (χ3v) is 3.66. The summed E-state index contributed by atoms with van der Waals surface area (Å²) in [7, 11) is 0. The average Bonchev–Trinajstić information content (AvgIpc) is 2.77. The molecule has 1 amide bonds. The van der Waals surface area contributed by atoms with Gasteiger partial charge in [0, 0.05) is 18.2 Å². The summed E-state index contributed by atoms with van der Waals surface area (Å²) in [5, 5.41) is 10.9. The van der Waals surface area contributed by atoms with E-state index in [1.165, 1.54) is 6.07 Å². The van der Waals surface area contributed by atoms with Gasteiger partial charge in [0.1, 0.15) is 12.4 Å². The Bertz CT molecular complexity index is 541. The van der Waals surface area contributed by atoms with Crippen LogP contribution in [0.15, 0.2) is 24.3 Å². The third kappa shape index (κ3) is 4.68. The number of hydrogen-bond acceptors (Lipinski definition) is 3. The zero-order valence-corrected chi connectivity index (χ0v) is 13.1. The van der Waals surface area contributed by atoms with Crippen LogP contribution in [0.25, 0.3) is 0 Å². The van der Waals surface area contributed by atoms with Gasteiger partial charge in [-0.15, -0.1) is 12.4 Å². The maximum atomic E-state index is 13.9. The fourth-order valence-electron chi connectivity index (χ4n) is 2.79. The predicted octanol–water partition coefficient (Wildman–Crippen LogP) is 1.83. The molecule has 0 aliphatic carbocycles. The molecule has 0 spiro atoms. The number of carbonyl (C=O) groups excluding carboxylic acids is 1. The van der Waals surface area contributed by atoms with Crippen LogP contribution in [0.3, 0.4) is 0 Å². The van der Waals surface area contributed by atoms with Crippen LogP contribution in [0.5, 0.6) is 0 Å². The summed E-state index contributed by atoms with van der Waals surface area (Å²) in [6, 6.07) is 6.43. The number of aliphatic carboxylic acids is 1. The molecule has 7 heteroatoms. The predicted molar refractivity (Wildman–Crippen MR) is 82.4 cm³/mol. The minimum atomic E-state index is -1.08. The lowest BCUT2D eigenvalue weighted by atomic mass is 10.0. The largest absolute Gasteiger partial charge is 0.480 e. The monoisotopic (exact) mass is 330 g/mol. The molecule has 0 saturated carbocycles. The molecule has 1 saturated heterocycles. The van der Waals surface area contributed by atoms with Crippen molar-refractivity contribution in [3.8, 4) is 0 Å². The number of halogens is 2. The van der Waals surface area contributed by atoms with Crippen molar-refractivity contribution in [3.05, 3.63) is 35.6 Å². The maximum absolute atomic E-state index is 13.9. The standard InChI is InChI=1S/C15H19FN2O3.ClH/c1-10-6-13(11-4-2-3-5-12(11)16)18(8-10)9-14(19)17-7-15(20)21;/h2-5,10,13H,6-9H2,1H3,(H,17,19)(H,20,21);1H. The molecule has 1 aliphatic rings. The van der Waals surface area contributed by atoms with E-state index < -0.39 is 12.5 Å². The highest BCUT2D eigenvalue weighted by molar-refractivity contribution is 5.85. The zero-order chi connectivity index (χ0) is 15.4. The summed E-state index contributed by atoms with van der Waals surface area (Å²) in [4.78, 5) is 24.1. The smallest absolute Gasteiger partial charge is 0.322 e. The molecule has 1 aromatic carbocycles. The lowest BCUT2D eigenvalue weighted by Crippen LogP contribution is -2.39. The molecule has 0 radical (unpaired) electrons.